The second-order valence-electron chi connectivity index (χ2n) is 21.6. The lowest BCUT2D eigenvalue weighted by molar-refractivity contribution is -0.359. The third kappa shape index (κ3) is 8.95. The van der Waals surface area contributed by atoms with Crippen molar-refractivity contribution in [3.63, 3.8) is 0 Å². The molecule has 0 radical (unpaired) electrons. The predicted octanol–water partition coefficient (Wildman–Crippen LogP) is 5.53. The van der Waals surface area contributed by atoms with E-state index in [-0.39, 0.29) is 52.6 Å². The normalized spacial score (nSPS) is 48.5. The van der Waals surface area contributed by atoms with E-state index in [0.29, 0.717) is 43.5 Å². The van der Waals surface area contributed by atoms with E-state index in [1.54, 1.807) is 13.8 Å². The van der Waals surface area contributed by atoms with Crippen LogP contribution in [0, 0.1) is 52.3 Å². The highest BCUT2D eigenvalue weighted by Gasteiger charge is 2.71. The molecule has 8 aliphatic rings. The largest absolute Gasteiger partial charge is 0.456 e. The third-order valence-corrected chi connectivity index (χ3v) is 17.1. The van der Waals surface area contributed by atoms with Crippen LogP contribution >= 0.6 is 0 Å². The van der Waals surface area contributed by atoms with Gasteiger partial charge in [-0.15, -0.1) is 0 Å². The molecule has 22 atom stereocenters. The summed E-state index contributed by atoms with van der Waals surface area (Å²) in [7, 11) is 0. The second-order valence-corrected chi connectivity index (χ2v) is 21.6. The van der Waals surface area contributed by atoms with Crippen LogP contribution in [0.15, 0.2) is 0 Å². The molecule has 4 saturated carbocycles. The van der Waals surface area contributed by atoms with Crippen LogP contribution in [0.1, 0.15) is 134 Å². The van der Waals surface area contributed by atoms with E-state index in [1.807, 2.05) is 0 Å². The van der Waals surface area contributed by atoms with Crippen molar-refractivity contribution in [2.24, 2.45) is 52.3 Å². The molecule has 0 amide bonds. The number of hydrogen-bond acceptors (Lipinski definition) is 17. The molecular weight excluding hydrogens is 861 g/mol. The number of rotatable bonds is 9. The zero-order valence-electron chi connectivity index (χ0n) is 40.5. The summed E-state index contributed by atoms with van der Waals surface area (Å²) in [6.07, 6.45) is -5.06. The maximum Gasteiger partial charge on any atom is 0.303 e. The van der Waals surface area contributed by atoms with Gasteiger partial charge in [-0.2, -0.15) is 0 Å². The fourth-order valence-corrected chi connectivity index (χ4v) is 14.5. The van der Waals surface area contributed by atoms with Crippen LogP contribution < -0.4 is 0 Å². The molecule has 4 heterocycles. The van der Waals surface area contributed by atoms with E-state index in [0.717, 1.165) is 52.4 Å². The van der Waals surface area contributed by atoms with Crippen LogP contribution in [-0.4, -0.2) is 122 Å². The first-order valence-electron chi connectivity index (χ1n) is 24.4. The predicted molar refractivity (Wildman–Crippen MR) is 228 cm³/mol. The number of ether oxygens (including phenoxy) is 11. The molecule has 4 aliphatic carbocycles. The van der Waals surface area contributed by atoms with Gasteiger partial charge in [0.05, 0.1) is 31.0 Å². The van der Waals surface area contributed by atoms with Crippen LogP contribution in [0.5, 0.6) is 0 Å². The first-order valence-corrected chi connectivity index (χ1v) is 24.4. The van der Waals surface area contributed by atoms with Crippen molar-refractivity contribution < 1.29 is 80.9 Å². The van der Waals surface area contributed by atoms with Gasteiger partial charge in [-0.3, -0.25) is 28.8 Å². The Morgan fingerprint density at radius 1 is 0.606 bits per heavy atom. The van der Waals surface area contributed by atoms with Crippen molar-refractivity contribution in [2.75, 3.05) is 6.61 Å². The Bertz CT molecular complexity index is 1880. The van der Waals surface area contributed by atoms with Gasteiger partial charge in [0.25, 0.3) is 0 Å². The quantitative estimate of drug-likeness (QED) is 0.158. The minimum atomic E-state index is -1.47. The van der Waals surface area contributed by atoms with Gasteiger partial charge in [-0.05, 0) is 99.2 Å². The van der Waals surface area contributed by atoms with Crippen LogP contribution in [-0.2, 0) is 80.9 Å². The monoisotopic (exact) mass is 932 g/mol. The number of Topliss-reactive ketones (excluding diaryl/α,β-unsaturated/α-hetero) is 1. The number of fused-ring (bicyclic) bond motifs is 7. The molecule has 8 fully saturated rings. The molecule has 17 heteroatoms. The number of ketones is 1. The average molecular weight is 933 g/mol. The van der Waals surface area contributed by atoms with Crippen molar-refractivity contribution in [3.8, 4) is 0 Å². The lowest BCUT2D eigenvalue weighted by Crippen LogP contribution is -2.66. The van der Waals surface area contributed by atoms with Crippen molar-refractivity contribution >= 4 is 35.6 Å². The minimum absolute atomic E-state index is 0.0542. The van der Waals surface area contributed by atoms with Crippen LogP contribution in [0.3, 0.4) is 0 Å². The molecule has 2 unspecified atom stereocenters. The molecule has 66 heavy (non-hydrogen) atoms. The summed E-state index contributed by atoms with van der Waals surface area (Å²) >= 11 is 0. The molecule has 0 aromatic rings. The van der Waals surface area contributed by atoms with Crippen molar-refractivity contribution in [3.05, 3.63) is 0 Å². The first-order chi connectivity index (χ1) is 31.0. The molecule has 0 aromatic heterocycles. The Hall–Kier alpha value is -3.22. The van der Waals surface area contributed by atoms with Crippen molar-refractivity contribution in [2.45, 2.75) is 213 Å². The number of esters is 5. The molecule has 17 nitrogen and oxygen atoms in total. The molecule has 1 spiro atoms. The summed E-state index contributed by atoms with van der Waals surface area (Å²) in [5.41, 5.74) is -0.361. The first kappa shape index (κ1) is 49.2. The van der Waals surface area contributed by atoms with Gasteiger partial charge in [0, 0.05) is 59.3 Å². The lowest BCUT2D eigenvalue weighted by Gasteiger charge is -2.60. The highest BCUT2D eigenvalue weighted by Crippen LogP contribution is 2.70. The highest BCUT2D eigenvalue weighted by molar-refractivity contribution is 5.84. The maximum absolute atomic E-state index is 14.7. The SMILES string of the molecule is CC(=O)O[C@@H]1[C@@H](OC(C)=O)[C@H](O[C@H]2[C@H](OC(C)=O)[C@@H](OC(C)=O)[C@H](O[C@H]3CC[C@@]4(C)[C@@H](CC[C@@H]5[C@@H]4C(=O)C[C@]4(C)C6C(C[C@@H]54)O[C@]4(CC[C@@H](C)CO4)[C@H]6C)C3)O[C@@H]2C)O[C@H](C)[C@H]1OC(C)=O. The third-order valence-electron chi connectivity index (χ3n) is 17.1. The van der Waals surface area contributed by atoms with Gasteiger partial charge in [-0.25, -0.2) is 0 Å². The van der Waals surface area contributed by atoms with Gasteiger partial charge in [0.2, 0.25) is 0 Å². The van der Waals surface area contributed by atoms with Crippen molar-refractivity contribution in [1.82, 2.24) is 0 Å². The highest BCUT2D eigenvalue weighted by atomic mass is 16.8. The lowest BCUT2D eigenvalue weighted by atomic mass is 9.44. The standard InChI is InChI=1S/C49H72O17/c1-22-14-17-49(56-21-22)23(2)37-36(66-49)19-34-33-13-12-31-18-32(15-16-47(31,10)38(33)35(55)20-48(34,37)11)64-45-43(62-29(8)53)42(61-28(7)52)40(25(4)57-45)65-46-44(63-30(9)54)41(60-27(6)51)39(24(3)58-46)59-26(5)50/h22-25,31-34,36-46H,12-21H2,1-11H3/t22-,23+,24-,25-,31+,32+,33+,34+,36?,37?,38-,39-,40-,41+,42+,43-,44-,45+,46+,47+,48+,49-/m1/s1. The smallest absolute Gasteiger partial charge is 0.303 e. The van der Waals surface area contributed by atoms with E-state index in [4.69, 9.17) is 52.1 Å². The fourth-order valence-electron chi connectivity index (χ4n) is 14.5. The molecule has 370 valence electrons. The Morgan fingerprint density at radius 3 is 1.73 bits per heavy atom. The summed E-state index contributed by atoms with van der Waals surface area (Å²) in [6.45, 7) is 19.1. The number of carbonyl (C=O) groups is 6. The molecule has 0 bridgehead atoms. The average Bonchev–Trinajstić information content (AvgIpc) is 3.66. The van der Waals surface area contributed by atoms with E-state index in [2.05, 4.69) is 27.7 Å². The van der Waals surface area contributed by atoms with E-state index in [9.17, 15) is 28.8 Å². The summed E-state index contributed by atoms with van der Waals surface area (Å²) < 4.78 is 67.7. The van der Waals surface area contributed by atoms with E-state index in [1.165, 1.54) is 20.8 Å². The summed E-state index contributed by atoms with van der Waals surface area (Å²) in [6, 6.07) is 0. The Balaban J connectivity index is 0.980. The molecule has 8 rings (SSSR count). The Kier molecular flexibility index (Phi) is 13.9. The Morgan fingerprint density at radius 2 is 1.15 bits per heavy atom. The Labute approximate surface area is 387 Å². The summed E-state index contributed by atoms with van der Waals surface area (Å²) in [5.74, 6) is -1.91. The number of hydrogen-bond donors (Lipinski definition) is 0. The second kappa shape index (κ2) is 18.6. The summed E-state index contributed by atoms with van der Waals surface area (Å²) in [5, 5.41) is 0. The van der Waals surface area contributed by atoms with Gasteiger partial charge >= 0.3 is 29.8 Å². The summed E-state index contributed by atoms with van der Waals surface area (Å²) in [4.78, 5) is 77.2. The van der Waals surface area contributed by atoms with Gasteiger partial charge < -0.3 is 52.1 Å². The van der Waals surface area contributed by atoms with Gasteiger partial charge in [0.1, 0.15) is 11.9 Å². The molecular formula is C49H72O17. The van der Waals surface area contributed by atoms with Crippen LogP contribution in [0.4, 0.5) is 0 Å². The van der Waals surface area contributed by atoms with Gasteiger partial charge in [0.15, 0.2) is 48.9 Å². The molecule has 4 saturated heterocycles. The molecule has 0 N–H and O–H groups in total. The van der Waals surface area contributed by atoms with Crippen LogP contribution in [0.2, 0.25) is 0 Å². The number of carbonyl (C=O) groups excluding carboxylic acids is 6. The zero-order valence-corrected chi connectivity index (χ0v) is 40.5. The van der Waals surface area contributed by atoms with E-state index >= 15 is 0 Å². The maximum atomic E-state index is 14.7. The zero-order chi connectivity index (χ0) is 47.8. The fraction of sp³-hybridized carbons (Fsp3) is 0.878. The molecule has 0 aromatic carbocycles. The molecule has 4 aliphatic heterocycles. The minimum Gasteiger partial charge on any atom is -0.456 e. The topological polar surface area (TPSA) is 204 Å². The van der Waals surface area contributed by atoms with Crippen LogP contribution in [0.25, 0.3) is 0 Å². The van der Waals surface area contributed by atoms with Gasteiger partial charge in [-0.1, -0.05) is 27.7 Å². The van der Waals surface area contributed by atoms with E-state index < -0.39 is 97.0 Å². The van der Waals surface area contributed by atoms with Crippen molar-refractivity contribution in [1.29, 1.82) is 0 Å².